The number of anilines is 1. The van der Waals surface area contributed by atoms with Crippen LogP contribution in [-0.2, 0) is 11.3 Å². The van der Waals surface area contributed by atoms with E-state index in [0.29, 0.717) is 31.9 Å². The van der Waals surface area contributed by atoms with Gasteiger partial charge in [-0.3, -0.25) is 9.59 Å². The fourth-order valence-corrected chi connectivity index (χ4v) is 3.34. The molecule has 1 fully saturated rings. The van der Waals surface area contributed by atoms with Gasteiger partial charge in [0.1, 0.15) is 5.82 Å². The van der Waals surface area contributed by atoms with Gasteiger partial charge in [-0.2, -0.15) is 0 Å². The first-order valence-corrected chi connectivity index (χ1v) is 8.96. The number of aliphatic hydroxyl groups is 1. The Balaban J connectivity index is 1.65. The molecule has 1 saturated heterocycles. The molecule has 27 heavy (non-hydrogen) atoms. The molecule has 2 aromatic rings. The molecule has 1 N–H and O–H groups in total. The van der Waals surface area contributed by atoms with E-state index in [4.69, 9.17) is 0 Å². The number of nitrogens with zero attached hydrogens (tertiary/aromatic N) is 3. The van der Waals surface area contributed by atoms with Gasteiger partial charge >= 0.3 is 0 Å². The average molecular weight is 373 g/mol. The number of benzene rings is 1. The van der Waals surface area contributed by atoms with Gasteiger partial charge in [0.05, 0.1) is 12.2 Å². The number of hydrogen-bond acceptors (Lipinski definition) is 4. The van der Waals surface area contributed by atoms with Crippen LogP contribution in [0.4, 0.5) is 10.1 Å². The predicted molar refractivity (Wildman–Crippen MR) is 101 cm³/mol. The van der Waals surface area contributed by atoms with Crippen molar-refractivity contribution in [1.29, 1.82) is 0 Å². The zero-order valence-electron chi connectivity index (χ0n) is 15.6. The van der Waals surface area contributed by atoms with Crippen LogP contribution in [0.3, 0.4) is 0 Å². The fourth-order valence-electron chi connectivity index (χ4n) is 3.34. The summed E-state index contributed by atoms with van der Waals surface area (Å²) in [6.45, 7) is 4.84. The molecule has 1 atom stereocenters. The number of para-hydroxylation sites is 1. The summed E-state index contributed by atoms with van der Waals surface area (Å²) in [5, 5.41) is 10.7. The molecule has 0 bridgehead atoms. The largest absolute Gasteiger partial charge is 0.378 e. The van der Waals surface area contributed by atoms with Gasteiger partial charge < -0.3 is 19.5 Å². The second-order valence-corrected chi connectivity index (χ2v) is 7.17. The minimum absolute atomic E-state index is 0.113. The van der Waals surface area contributed by atoms with Gasteiger partial charge in [-0.05, 0) is 37.6 Å². The number of carbonyl (C=O) groups excluding carboxylic acids is 1. The minimum atomic E-state index is -1.70. The molecule has 2 heterocycles. The zero-order valence-corrected chi connectivity index (χ0v) is 15.6. The second kappa shape index (κ2) is 7.52. The van der Waals surface area contributed by atoms with Gasteiger partial charge in [0.15, 0.2) is 5.60 Å². The van der Waals surface area contributed by atoms with Gasteiger partial charge in [-0.25, -0.2) is 4.39 Å². The van der Waals surface area contributed by atoms with Crippen LogP contribution in [-0.4, -0.2) is 52.3 Å². The Hall–Kier alpha value is -2.67. The van der Waals surface area contributed by atoms with Crippen molar-refractivity contribution < 1.29 is 14.3 Å². The quantitative estimate of drug-likeness (QED) is 0.880. The number of rotatable bonds is 4. The number of halogens is 1. The first-order valence-electron chi connectivity index (χ1n) is 8.96. The third kappa shape index (κ3) is 4.19. The number of carbonyl (C=O) groups is 1. The molecule has 0 saturated carbocycles. The van der Waals surface area contributed by atoms with Gasteiger partial charge in [-0.15, -0.1) is 0 Å². The Morgan fingerprint density at radius 1 is 1.19 bits per heavy atom. The second-order valence-electron chi connectivity index (χ2n) is 7.17. The van der Waals surface area contributed by atoms with E-state index < -0.39 is 11.5 Å². The maximum Gasteiger partial charge on any atom is 0.256 e. The lowest BCUT2D eigenvalue weighted by atomic mass is 10.0. The Morgan fingerprint density at radius 2 is 1.85 bits per heavy atom. The number of amides is 1. The molecule has 144 valence electrons. The van der Waals surface area contributed by atoms with Crippen LogP contribution in [0.2, 0.25) is 0 Å². The topological polar surface area (TPSA) is 65.8 Å². The van der Waals surface area contributed by atoms with Crippen molar-refractivity contribution in [3.8, 4) is 0 Å². The van der Waals surface area contributed by atoms with Crippen LogP contribution in [0.1, 0.15) is 12.5 Å². The SMILES string of the molecule is Cc1ccn(CC(C)(O)C(=O)N2CCN(c3ccccc3F)CC2)c(=O)c1. The maximum atomic E-state index is 13.9. The molecule has 1 unspecified atom stereocenters. The highest BCUT2D eigenvalue weighted by Gasteiger charge is 2.36. The molecular formula is C20H24FN3O3. The van der Waals surface area contributed by atoms with Crippen LogP contribution in [0.5, 0.6) is 0 Å². The Bertz CT molecular complexity index is 886. The van der Waals surface area contributed by atoms with Crippen LogP contribution < -0.4 is 10.5 Å². The molecule has 6 nitrogen and oxygen atoms in total. The molecule has 1 aromatic heterocycles. The van der Waals surface area contributed by atoms with E-state index in [1.165, 1.54) is 23.6 Å². The summed E-state index contributed by atoms with van der Waals surface area (Å²) in [6.07, 6.45) is 1.58. The maximum absolute atomic E-state index is 13.9. The molecule has 7 heteroatoms. The van der Waals surface area contributed by atoms with Gasteiger partial charge in [-0.1, -0.05) is 12.1 Å². The fraction of sp³-hybridized carbons (Fsp3) is 0.400. The van der Waals surface area contributed by atoms with E-state index in [0.717, 1.165) is 5.56 Å². The summed E-state index contributed by atoms with van der Waals surface area (Å²) < 4.78 is 15.3. The Kier molecular flexibility index (Phi) is 5.32. The molecule has 1 aliphatic heterocycles. The summed E-state index contributed by atoms with van der Waals surface area (Å²) in [4.78, 5) is 28.3. The number of aromatic nitrogens is 1. The highest BCUT2D eigenvalue weighted by atomic mass is 19.1. The zero-order chi connectivity index (χ0) is 19.6. The average Bonchev–Trinajstić information content (AvgIpc) is 2.64. The number of piperazine rings is 1. The summed E-state index contributed by atoms with van der Waals surface area (Å²) >= 11 is 0. The first-order chi connectivity index (χ1) is 12.8. The van der Waals surface area contributed by atoms with E-state index in [1.54, 1.807) is 35.4 Å². The minimum Gasteiger partial charge on any atom is -0.378 e. The van der Waals surface area contributed by atoms with Gasteiger partial charge in [0, 0.05) is 38.4 Å². The number of aryl methyl sites for hydroxylation is 1. The highest BCUT2D eigenvalue weighted by molar-refractivity contribution is 5.84. The normalized spacial score (nSPS) is 16.9. The van der Waals surface area contributed by atoms with Crippen LogP contribution in [0, 0.1) is 12.7 Å². The number of hydrogen-bond donors (Lipinski definition) is 1. The van der Waals surface area contributed by atoms with E-state index >= 15 is 0 Å². The summed E-state index contributed by atoms with van der Waals surface area (Å²) in [6, 6.07) is 9.77. The smallest absolute Gasteiger partial charge is 0.256 e. The van der Waals surface area contributed by atoms with E-state index in [1.807, 2.05) is 11.8 Å². The molecular weight excluding hydrogens is 349 g/mol. The van der Waals surface area contributed by atoms with Gasteiger partial charge in [0.2, 0.25) is 0 Å². The summed E-state index contributed by atoms with van der Waals surface area (Å²) in [7, 11) is 0. The molecule has 1 aliphatic rings. The third-order valence-electron chi connectivity index (χ3n) is 4.85. The lowest BCUT2D eigenvalue weighted by Crippen LogP contribution is -2.56. The first kappa shape index (κ1) is 19.1. The van der Waals surface area contributed by atoms with Crippen molar-refractivity contribution in [2.24, 2.45) is 0 Å². The van der Waals surface area contributed by atoms with Crippen molar-refractivity contribution in [2.75, 3.05) is 31.1 Å². The molecule has 0 spiro atoms. The van der Waals surface area contributed by atoms with Crippen LogP contribution >= 0.6 is 0 Å². The van der Waals surface area contributed by atoms with Gasteiger partial charge in [0.25, 0.3) is 11.5 Å². The van der Waals surface area contributed by atoms with Crippen molar-refractivity contribution in [3.63, 3.8) is 0 Å². The summed E-state index contributed by atoms with van der Waals surface area (Å²) in [5.41, 5.74) is -0.610. The molecule has 1 amide bonds. The lowest BCUT2D eigenvalue weighted by molar-refractivity contribution is -0.151. The standard InChI is InChI=1S/C20H24FN3O3/c1-15-7-8-24(18(25)13-15)14-20(2,27)19(26)23-11-9-22(10-12-23)17-6-4-3-5-16(17)21/h3-8,13,27H,9-12,14H2,1-2H3. The Morgan fingerprint density at radius 3 is 2.48 bits per heavy atom. The van der Waals surface area contributed by atoms with Crippen molar-refractivity contribution >= 4 is 11.6 Å². The molecule has 0 aliphatic carbocycles. The third-order valence-corrected chi connectivity index (χ3v) is 4.85. The van der Waals surface area contributed by atoms with Crippen LogP contribution in [0.25, 0.3) is 0 Å². The molecule has 3 rings (SSSR count). The number of pyridine rings is 1. The van der Waals surface area contributed by atoms with Crippen molar-refractivity contribution in [2.45, 2.75) is 26.0 Å². The molecule has 1 aromatic carbocycles. The van der Waals surface area contributed by atoms with Crippen LogP contribution in [0.15, 0.2) is 47.4 Å². The lowest BCUT2D eigenvalue weighted by Gasteiger charge is -2.39. The predicted octanol–water partition coefficient (Wildman–Crippen LogP) is 1.40. The highest BCUT2D eigenvalue weighted by Crippen LogP contribution is 2.21. The van der Waals surface area contributed by atoms with E-state index in [-0.39, 0.29) is 17.9 Å². The van der Waals surface area contributed by atoms with Crippen molar-refractivity contribution in [1.82, 2.24) is 9.47 Å². The Labute approximate surface area is 157 Å². The van der Waals surface area contributed by atoms with Crippen molar-refractivity contribution in [3.05, 3.63) is 64.3 Å². The molecule has 0 radical (unpaired) electrons. The summed E-state index contributed by atoms with van der Waals surface area (Å²) in [5.74, 6) is -0.717. The van der Waals surface area contributed by atoms with E-state index in [2.05, 4.69) is 0 Å². The van der Waals surface area contributed by atoms with E-state index in [9.17, 15) is 19.1 Å². The monoisotopic (exact) mass is 373 g/mol.